The van der Waals surface area contributed by atoms with Crippen molar-refractivity contribution in [1.29, 1.82) is 0 Å². The molecule has 33 heavy (non-hydrogen) atoms. The summed E-state index contributed by atoms with van der Waals surface area (Å²) in [5, 5.41) is 3.51. The zero-order chi connectivity index (χ0) is 23.5. The lowest BCUT2D eigenvalue weighted by molar-refractivity contribution is -0.122. The SMILES string of the molecule is O=C1NC(=S)N(c2ccc(Cl)cc2)C(=O)C1=Cc1cc(Cl)c(OCc2ccccc2)c(Cl)c1. The molecule has 3 aromatic rings. The molecule has 1 heterocycles. The van der Waals surface area contributed by atoms with Crippen molar-refractivity contribution in [3.63, 3.8) is 0 Å². The number of benzene rings is 3. The van der Waals surface area contributed by atoms with E-state index in [0.29, 0.717) is 22.0 Å². The summed E-state index contributed by atoms with van der Waals surface area (Å²) < 4.78 is 5.77. The second-order valence-electron chi connectivity index (χ2n) is 7.02. The van der Waals surface area contributed by atoms with E-state index >= 15 is 0 Å². The highest BCUT2D eigenvalue weighted by Gasteiger charge is 2.34. The Morgan fingerprint density at radius 2 is 1.58 bits per heavy atom. The van der Waals surface area contributed by atoms with Crippen molar-refractivity contribution < 1.29 is 14.3 Å². The molecule has 0 aromatic heterocycles. The van der Waals surface area contributed by atoms with Crippen LogP contribution in [0.5, 0.6) is 5.75 Å². The number of halogens is 3. The third-order valence-electron chi connectivity index (χ3n) is 4.74. The molecule has 166 valence electrons. The molecule has 1 fully saturated rings. The maximum absolute atomic E-state index is 13.1. The minimum Gasteiger partial charge on any atom is -0.486 e. The molecule has 1 N–H and O–H groups in total. The van der Waals surface area contributed by atoms with Crippen LogP contribution in [0.1, 0.15) is 11.1 Å². The van der Waals surface area contributed by atoms with Gasteiger partial charge in [0.05, 0.1) is 15.7 Å². The molecule has 0 unspecified atom stereocenters. The summed E-state index contributed by atoms with van der Waals surface area (Å²) in [5.41, 5.74) is 1.77. The zero-order valence-electron chi connectivity index (χ0n) is 16.8. The Balaban J connectivity index is 1.61. The number of thiocarbonyl (C=S) groups is 1. The molecule has 1 aliphatic heterocycles. The van der Waals surface area contributed by atoms with Gasteiger partial charge in [-0.2, -0.15) is 0 Å². The summed E-state index contributed by atoms with van der Waals surface area (Å²) in [4.78, 5) is 26.9. The van der Waals surface area contributed by atoms with Crippen LogP contribution in [-0.2, 0) is 16.2 Å². The number of hydrogen-bond donors (Lipinski definition) is 1. The van der Waals surface area contributed by atoms with Crippen LogP contribution in [0.2, 0.25) is 15.1 Å². The van der Waals surface area contributed by atoms with E-state index in [0.717, 1.165) is 5.56 Å². The molecule has 3 aromatic carbocycles. The average molecular weight is 518 g/mol. The molecule has 0 radical (unpaired) electrons. The lowest BCUT2D eigenvalue weighted by Crippen LogP contribution is -2.54. The third-order valence-corrected chi connectivity index (χ3v) is 5.84. The van der Waals surface area contributed by atoms with Gasteiger partial charge in [0, 0.05) is 5.02 Å². The fourth-order valence-corrected chi connectivity index (χ4v) is 4.20. The van der Waals surface area contributed by atoms with Crippen molar-refractivity contribution in [2.45, 2.75) is 6.61 Å². The summed E-state index contributed by atoms with van der Waals surface area (Å²) in [6.45, 7) is 0.287. The first-order chi connectivity index (χ1) is 15.8. The molecule has 0 atom stereocenters. The molecule has 9 heteroatoms. The minimum atomic E-state index is -0.619. The lowest BCUT2D eigenvalue weighted by atomic mass is 10.1. The van der Waals surface area contributed by atoms with Crippen molar-refractivity contribution >= 4 is 75.7 Å². The number of hydrogen-bond acceptors (Lipinski definition) is 4. The van der Waals surface area contributed by atoms with Gasteiger partial charge in [0.25, 0.3) is 11.8 Å². The van der Waals surface area contributed by atoms with Gasteiger partial charge in [0.2, 0.25) is 0 Å². The van der Waals surface area contributed by atoms with E-state index in [2.05, 4.69) is 5.32 Å². The number of nitrogens with one attached hydrogen (secondary N) is 1. The van der Waals surface area contributed by atoms with E-state index in [-0.39, 0.29) is 27.3 Å². The van der Waals surface area contributed by atoms with Crippen LogP contribution >= 0.6 is 47.0 Å². The van der Waals surface area contributed by atoms with Crippen LogP contribution in [0.3, 0.4) is 0 Å². The lowest BCUT2D eigenvalue weighted by Gasteiger charge is -2.29. The second kappa shape index (κ2) is 9.93. The number of amides is 2. The fraction of sp³-hybridized carbons (Fsp3) is 0.0417. The van der Waals surface area contributed by atoms with Gasteiger partial charge in [0.1, 0.15) is 12.2 Å². The fourth-order valence-electron chi connectivity index (χ4n) is 3.18. The first-order valence-corrected chi connectivity index (χ1v) is 11.2. The molecule has 0 bridgehead atoms. The maximum Gasteiger partial charge on any atom is 0.270 e. The zero-order valence-corrected chi connectivity index (χ0v) is 19.9. The highest BCUT2D eigenvalue weighted by atomic mass is 35.5. The highest BCUT2D eigenvalue weighted by molar-refractivity contribution is 7.80. The first kappa shape index (κ1) is 23.3. The minimum absolute atomic E-state index is 0.0230. The molecular formula is C24H15Cl3N2O3S. The average Bonchev–Trinajstić information content (AvgIpc) is 2.78. The van der Waals surface area contributed by atoms with Crippen molar-refractivity contribution in [2.75, 3.05) is 4.90 Å². The van der Waals surface area contributed by atoms with E-state index in [1.165, 1.54) is 11.0 Å². The van der Waals surface area contributed by atoms with Gasteiger partial charge < -0.3 is 4.74 Å². The summed E-state index contributed by atoms with van der Waals surface area (Å²) in [5.74, 6) is -0.887. The summed E-state index contributed by atoms with van der Waals surface area (Å²) in [6.07, 6.45) is 1.40. The number of carbonyl (C=O) groups is 2. The van der Waals surface area contributed by atoms with Gasteiger partial charge in [-0.25, -0.2) is 0 Å². The van der Waals surface area contributed by atoms with Crippen LogP contribution in [0.15, 0.2) is 72.3 Å². The summed E-state index contributed by atoms with van der Waals surface area (Å²) in [7, 11) is 0. The van der Waals surface area contributed by atoms with Crippen LogP contribution in [-0.4, -0.2) is 16.9 Å². The molecule has 0 spiro atoms. The Kier molecular flexibility index (Phi) is 7.00. The van der Waals surface area contributed by atoms with Crippen molar-refractivity contribution in [3.05, 3.63) is 98.5 Å². The normalized spacial score (nSPS) is 15.1. The van der Waals surface area contributed by atoms with Gasteiger partial charge in [0.15, 0.2) is 10.9 Å². The number of carbonyl (C=O) groups excluding carboxylic acids is 2. The van der Waals surface area contributed by atoms with Crippen molar-refractivity contribution in [1.82, 2.24) is 5.32 Å². The molecule has 4 rings (SSSR count). The molecule has 0 aliphatic carbocycles. The van der Waals surface area contributed by atoms with E-state index in [1.54, 1.807) is 36.4 Å². The molecular weight excluding hydrogens is 503 g/mol. The summed E-state index contributed by atoms with van der Waals surface area (Å²) in [6, 6.07) is 19.2. The van der Waals surface area contributed by atoms with Gasteiger partial charge in [-0.05, 0) is 65.8 Å². The van der Waals surface area contributed by atoms with Gasteiger partial charge >= 0.3 is 0 Å². The quantitative estimate of drug-likeness (QED) is 0.254. The molecule has 5 nitrogen and oxygen atoms in total. The molecule has 1 saturated heterocycles. The predicted molar refractivity (Wildman–Crippen MR) is 135 cm³/mol. The number of nitrogens with zero attached hydrogens (tertiary/aromatic N) is 1. The Hall–Kier alpha value is -2.90. The van der Waals surface area contributed by atoms with E-state index < -0.39 is 11.8 Å². The number of ether oxygens (including phenoxy) is 1. The standard InChI is InChI=1S/C24H15Cl3N2O3S/c25-16-6-8-17(9-7-16)29-23(31)18(22(30)28-24(29)33)10-15-11-19(26)21(20(27)12-15)32-13-14-4-2-1-3-5-14/h1-12H,13H2,(H,28,30,33). The predicted octanol–water partition coefficient (Wildman–Crippen LogP) is 6.06. The largest absolute Gasteiger partial charge is 0.486 e. The van der Waals surface area contributed by atoms with Crippen LogP contribution in [0, 0.1) is 0 Å². The second-order valence-corrected chi connectivity index (χ2v) is 8.66. The number of rotatable bonds is 5. The monoisotopic (exact) mass is 516 g/mol. The highest BCUT2D eigenvalue weighted by Crippen LogP contribution is 2.36. The van der Waals surface area contributed by atoms with E-state index in [1.807, 2.05) is 30.3 Å². The van der Waals surface area contributed by atoms with Crippen LogP contribution in [0.25, 0.3) is 6.08 Å². The molecule has 2 amide bonds. The topological polar surface area (TPSA) is 58.6 Å². The Labute approximate surface area is 210 Å². The molecule has 1 aliphatic rings. The molecule has 0 saturated carbocycles. The third kappa shape index (κ3) is 5.20. The van der Waals surface area contributed by atoms with Gasteiger partial charge in [-0.3, -0.25) is 19.8 Å². The van der Waals surface area contributed by atoms with Crippen LogP contribution in [0.4, 0.5) is 5.69 Å². The first-order valence-electron chi connectivity index (χ1n) is 9.66. The summed E-state index contributed by atoms with van der Waals surface area (Å²) >= 11 is 23.9. The smallest absolute Gasteiger partial charge is 0.270 e. The van der Waals surface area contributed by atoms with Gasteiger partial charge in [-0.15, -0.1) is 0 Å². The van der Waals surface area contributed by atoms with Crippen molar-refractivity contribution in [3.8, 4) is 5.75 Å². The van der Waals surface area contributed by atoms with Gasteiger partial charge in [-0.1, -0.05) is 65.1 Å². The Morgan fingerprint density at radius 1 is 0.939 bits per heavy atom. The maximum atomic E-state index is 13.1. The van der Waals surface area contributed by atoms with Crippen LogP contribution < -0.4 is 15.0 Å². The van der Waals surface area contributed by atoms with Crippen molar-refractivity contribution in [2.24, 2.45) is 0 Å². The Bertz CT molecular complexity index is 1250. The van der Waals surface area contributed by atoms with E-state index in [4.69, 9.17) is 51.8 Å². The number of anilines is 1. The Morgan fingerprint density at radius 3 is 2.21 bits per heavy atom. The van der Waals surface area contributed by atoms with E-state index in [9.17, 15) is 9.59 Å².